The van der Waals surface area contributed by atoms with E-state index in [1.165, 1.54) is 0 Å². The molecular weight excluding hydrogens is 226 g/mol. The Kier molecular flexibility index (Phi) is 3.15. The molecule has 0 aliphatic heterocycles. The Morgan fingerprint density at radius 2 is 2.25 bits per heavy atom. The Bertz CT molecular complexity index is 519. The van der Waals surface area contributed by atoms with Crippen LogP contribution < -0.4 is 5.32 Å². The number of aryl methyl sites for hydroxylation is 1. The first-order valence-corrected chi connectivity index (χ1v) is 5.58. The molecule has 2 rings (SSSR count). The van der Waals surface area contributed by atoms with E-state index in [0.717, 1.165) is 16.5 Å². The highest BCUT2D eigenvalue weighted by Gasteiger charge is 2.11. The van der Waals surface area contributed by atoms with Gasteiger partial charge in [-0.2, -0.15) is 0 Å². The largest absolute Gasteiger partial charge is 0.451 e. The number of fused-ring (bicyclic) bond motifs is 1. The van der Waals surface area contributed by atoms with Crippen molar-refractivity contribution >= 4 is 28.5 Å². The summed E-state index contributed by atoms with van der Waals surface area (Å²) in [7, 11) is 0. The fraction of sp³-hybridized carbons (Fsp3) is 0.250. The summed E-state index contributed by atoms with van der Waals surface area (Å²) in [5, 5.41) is 3.59. The van der Waals surface area contributed by atoms with Crippen LogP contribution in [-0.4, -0.2) is 18.3 Å². The molecule has 1 N–H and O–H groups in total. The molecule has 0 fully saturated rings. The molecule has 2 aromatic rings. The zero-order chi connectivity index (χ0) is 11.5. The maximum atomic E-state index is 11.6. The maximum absolute atomic E-state index is 11.6. The van der Waals surface area contributed by atoms with Gasteiger partial charge in [0.15, 0.2) is 5.76 Å². The molecule has 1 amide bonds. The minimum absolute atomic E-state index is 0.227. The van der Waals surface area contributed by atoms with Crippen molar-refractivity contribution in [2.45, 2.75) is 6.92 Å². The van der Waals surface area contributed by atoms with Crippen LogP contribution in [0.25, 0.3) is 11.0 Å². The third-order valence-corrected chi connectivity index (χ3v) is 2.47. The van der Waals surface area contributed by atoms with Crippen LogP contribution in [0.2, 0.25) is 0 Å². The van der Waals surface area contributed by atoms with Crippen LogP contribution >= 0.6 is 11.6 Å². The van der Waals surface area contributed by atoms with Gasteiger partial charge in [-0.3, -0.25) is 4.79 Å². The van der Waals surface area contributed by atoms with Crippen molar-refractivity contribution in [2.24, 2.45) is 0 Å². The van der Waals surface area contributed by atoms with Crippen LogP contribution in [0, 0.1) is 6.92 Å². The van der Waals surface area contributed by atoms with Crippen LogP contribution in [0.3, 0.4) is 0 Å². The number of hydrogen-bond acceptors (Lipinski definition) is 2. The van der Waals surface area contributed by atoms with E-state index in [2.05, 4.69) is 5.32 Å². The Morgan fingerprint density at radius 1 is 1.44 bits per heavy atom. The van der Waals surface area contributed by atoms with Crippen molar-refractivity contribution < 1.29 is 9.21 Å². The lowest BCUT2D eigenvalue weighted by Gasteiger charge is -1.97. The molecule has 0 saturated heterocycles. The zero-order valence-corrected chi connectivity index (χ0v) is 9.67. The number of hydrogen-bond donors (Lipinski definition) is 1. The normalized spacial score (nSPS) is 10.6. The number of rotatable bonds is 3. The molecule has 0 radical (unpaired) electrons. The Hall–Kier alpha value is -1.48. The van der Waals surface area contributed by atoms with Gasteiger partial charge in [0, 0.05) is 17.8 Å². The third kappa shape index (κ3) is 2.19. The van der Waals surface area contributed by atoms with Crippen molar-refractivity contribution in [1.82, 2.24) is 5.32 Å². The number of benzene rings is 1. The van der Waals surface area contributed by atoms with Gasteiger partial charge in [-0.05, 0) is 24.6 Å². The molecule has 0 saturated carbocycles. The first-order chi connectivity index (χ1) is 7.70. The first-order valence-electron chi connectivity index (χ1n) is 5.05. The van der Waals surface area contributed by atoms with Crippen molar-refractivity contribution in [3.63, 3.8) is 0 Å². The van der Waals surface area contributed by atoms with Crippen molar-refractivity contribution in [3.05, 3.63) is 35.6 Å². The van der Waals surface area contributed by atoms with Crippen LogP contribution in [-0.2, 0) is 0 Å². The van der Waals surface area contributed by atoms with Crippen LogP contribution in [0.15, 0.2) is 28.7 Å². The summed E-state index contributed by atoms with van der Waals surface area (Å²) in [6, 6.07) is 7.57. The number of carbonyl (C=O) groups excluding carboxylic acids is 1. The number of carbonyl (C=O) groups is 1. The lowest BCUT2D eigenvalue weighted by molar-refractivity contribution is 0.0930. The molecule has 0 aliphatic carbocycles. The van der Waals surface area contributed by atoms with E-state index in [1.807, 2.05) is 25.1 Å². The van der Waals surface area contributed by atoms with Crippen molar-refractivity contribution in [2.75, 3.05) is 12.4 Å². The molecule has 1 aromatic carbocycles. The standard InChI is InChI=1S/C12H12ClNO2/c1-8-2-3-9-7-11(16-10(9)6-8)12(15)14-5-4-13/h2-3,6-7H,4-5H2,1H3,(H,14,15). The van der Waals surface area contributed by atoms with Gasteiger partial charge in [-0.1, -0.05) is 12.1 Å². The average molecular weight is 238 g/mol. The lowest BCUT2D eigenvalue weighted by Crippen LogP contribution is -2.24. The summed E-state index contributed by atoms with van der Waals surface area (Å²) in [6.07, 6.45) is 0. The highest BCUT2D eigenvalue weighted by Crippen LogP contribution is 2.20. The van der Waals surface area contributed by atoms with Gasteiger partial charge in [0.25, 0.3) is 5.91 Å². The maximum Gasteiger partial charge on any atom is 0.287 e. The smallest absolute Gasteiger partial charge is 0.287 e. The van der Waals surface area contributed by atoms with E-state index in [0.29, 0.717) is 18.2 Å². The molecule has 0 atom stereocenters. The summed E-state index contributed by atoms with van der Waals surface area (Å²) < 4.78 is 5.45. The van der Waals surface area contributed by atoms with E-state index in [4.69, 9.17) is 16.0 Å². The third-order valence-electron chi connectivity index (χ3n) is 2.28. The predicted octanol–water partition coefficient (Wildman–Crippen LogP) is 2.71. The Morgan fingerprint density at radius 3 is 3.00 bits per heavy atom. The highest BCUT2D eigenvalue weighted by atomic mass is 35.5. The number of amides is 1. The molecule has 3 nitrogen and oxygen atoms in total. The SMILES string of the molecule is Cc1ccc2cc(C(=O)NCCCl)oc2c1. The summed E-state index contributed by atoms with van der Waals surface area (Å²) in [6.45, 7) is 2.42. The molecule has 0 aliphatic rings. The molecule has 0 unspecified atom stereocenters. The van der Waals surface area contributed by atoms with Crippen molar-refractivity contribution in [1.29, 1.82) is 0 Å². The van der Waals surface area contributed by atoms with Gasteiger partial charge in [-0.15, -0.1) is 11.6 Å². The van der Waals surface area contributed by atoms with Gasteiger partial charge in [0.1, 0.15) is 5.58 Å². The summed E-state index contributed by atoms with van der Waals surface area (Å²) >= 11 is 5.49. The fourth-order valence-corrected chi connectivity index (χ4v) is 1.59. The summed E-state index contributed by atoms with van der Waals surface area (Å²) in [4.78, 5) is 11.6. The summed E-state index contributed by atoms with van der Waals surface area (Å²) in [5.74, 6) is 0.491. The van der Waals surface area contributed by atoms with Gasteiger partial charge in [0.05, 0.1) is 0 Å². The topological polar surface area (TPSA) is 42.2 Å². The average Bonchev–Trinajstić information content (AvgIpc) is 2.68. The second-order valence-corrected chi connectivity index (χ2v) is 3.97. The second kappa shape index (κ2) is 4.58. The van der Waals surface area contributed by atoms with Crippen LogP contribution in [0.4, 0.5) is 0 Å². The second-order valence-electron chi connectivity index (χ2n) is 3.60. The zero-order valence-electron chi connectivity index (χ0n) is 8.92. The molecule has 1 aromatic heterocycles. The molecule has 84 valence electrons. The molecule has 1 heterocycles. The van der Waals surface area contributed by atoms with Crippen LogP contribution in [0.5, 0.6) is 0 Å². The fourth-order valence-electron chi connectivity index (χ4n) is 1.50. The Labute approximate surface area is 98.4 Å². The number of alkyl halides is 1. The van der Waals surface area contributed by atoms with E-state index < -0.39 is 0 Å². The van der Waals surface area contributed by atoms with E-state index in [9.17, 15) is 4.79 Å². The van der Waals surface area contributed by atoms with Crippen LogP contribution in [0.1, 0.15) is 16.1 Å². The van der Waals surface area contributed by atoms with E-state index in [-0.39, 0.29) is 5.91 Å². The van der Waals surface area contributed by atoms with Gasteiger partial charge in [0.2, 0.25) is 0 Å². The number of halogens is 1. The lowest BCUT2D eigenvalue weighted by atomic mass is 10.2. The monoisotopic (exact) mass is 237 g/mol. The van der Waals surface area contributed by atoms with E-state index in [1.54, 1.807) is 6.07 Å². The molecular formula is C12H12ClNO2. The van der Waals surface area contributed by atoms with Crippen molar-refractivity contribution in [3.8, 4) is 0 Å². The van der Waals surface area contributed by atoms with Gasteiger partial charge >= 0.3 is 0 Å². The number of furan rings is 1. The highest BCUT2D eigenvalue weighted by molar-refractivity contribution is 6.18. The molecule has 4 heteroatoms. The molecule has 0 spiro atoms. The molecule has 16 heavy (non-hydrogen) atoms. The van der Waals surface area contributed by atoms with Gasteiger partial charge in [-0.25, -0.2) is 0 Å². The number of nitrogens with one attached hydrogen (secondary N) is 1. The first kappa shape index (κ1) is 11.0. The molecule has 0 bridgehead atoms. The minimum atomic E-state index is -0.227. The quantitative estimate of drug-likeness (QED) is 0.834. The summed E-state index contributed by atoms with van der Waals surface area (Å²) in [5.41, 5.74) is 1.84. The minimum Gasteiger partial charge on any atom is -0.451 e. The Balaban J connectivity index is 2.28. The van der Waals surface area contributed by atoms with E-state index >= 15 is 0 Å². The predicted molar refractivity (Wildman–Crippen MR) is 64.0 cm³/mol. The van der Waals surface area contributed by atoms with Gasteiger partial charge < -0.3 is 9.73 Å².